The molecular formula is C16H24N2O4. The van der Waals surface area contributed by atoms with Crippen LogP contribution in [0.4, 0.5) is 5.69 Å². The van der Waals surface area contributed by atoms with E-state index in [1.807, 2.05) is 0 Å². The minimum atomic E-state index is -3.17. The van der Waals surface area contributed by atoms with E-state index < -0.39 is 39.0 Å². The topological polar surface area (TPSA) is 87.7 Å². The number of nitrogens with one attached hydrogen (secondary N) is 2. The lowest BCUT2D eigenvalue weighted by Crippen LogP contribution is -2.35. The van der Waals surface area contributed by atoms with Crippen LogP contribution >= 0.6 is 0 Å². The standard InChI is InChI=1S/C16H24N2O4/c1-10(2)17-8-14(21)9-22-16-6-5-13(18-12(4)20)7-15(16)11(3)19/h5-7,10,14,17,21H,8-9H2,1-4H3,(H,18,20)/i1D3,2D3,10D. The van der Waals surface area contributed by atoms with Crippen LogP contribution in [-0.2, 0) is 4.79 Å². The molecule has 0 saturated heterocycles. The summed E-state index contributed by atoms with van der Waals surface area (Å²) in [4.78, 5) is 22.9. The second kappa shape index (κ2) is 8.51. The van der Waals surface area contributed by atoms with Crippen molar-refractivity contribution in [2.24, 2.45) is 0 Å². The third kappa shape index (κ3) is 6.24. The molecule has 6 heteroatoms. The number of Topliss-reactive ketones (excluding diaryl/α,β-unsaturated/α-hetero) is 1. The molecular weight excluding hydrogens is 284 g/mol. The number of aliphatic hydroxyl groups excluding tert-OH is 1. The summed E-state index contributed by atoms with van der Waals surface area (Å²) in [5, 5.41) is 14.6. The number of aliphatic hydroxyl groups is 1. The van der Waals surface area contributed by atoms with Crippen molar-refractivity contribution in [1.29, 1.82) is 0 Å². The molecule has 0 heterocycles. The van der Waals surface area contributed by atoms with Gasteiger partial charge >= 0.3 is 0 Å². The molecule has 0 aliphatic rings. The highest BCUT2D eigenvalue weighted by Gasteiger charge is 2.13. The monoisotopic (exact) mass is 315 g/mol. The number of ether oxygens (including phenoxy) is 1. The Morgan fingerprint density at radius 1 is 1.41 bits per heavy atom. The highest BCUT2D eigenvalue weighted by molar-refractivity contribution is 5.99. The number of carbonyl (C=O) groups excluding carboxylic acids is 2. The van der Waals surface area contributed by atoms with E-state index in [1.54, 1.807) is 0 Å². The molecule has 0 aliphatic heterocycles. The van der Waals surface area contributed by atoms with Crippen molar-refractivity contribution >= 4 is 17.4 Å². The zero-order valence-corrected chi connectivity index (χ0v) is 12.4. The van der Waals surface area contributed by atoms with E-state index in [0.29, 0.717) is 5.69 Å². The summed E-state index contributed by atoms with van der Waals surface area (Å²) >= 11 is 0. The van der Waals surface area contributed by atoms with Gasteiger partial charge in [-0.1, -0.05) is 13.7 Å². The van der Waals surface area contributed by atoms with Gasteiger partial charge in [0.25, 0.3) is 0 Å². The zero-order valence-electron chi connectivity index (χ0n) is 19.4. The van der Waals surface area contributed by atoms with Crippen LogP contribution in [0.3, 0.4) is 0 Å². The molecule has 1 rings (SSSR count). The number of ketones is 1. The van der Waals surface area contributed by atoms with Crippen LogP contribution in [0.5, 0.6) is 5.75 Å². The maximum atomic E-state index is 11.8. The molecule has 3 N–H and O–H groups in total. The van der Waals surface area contributed by atoms with Gasteiger partial charge in [0.2, 0.25) is 5.91 Å². The fourth-order valence-corrected chi connectivity index (χ4v) is 1.68. The van der Waals surface area contributed by atoms with Crippen LogP contribution in [0.2, 0.25) is 0 Å². The van der Waals surface area contributed by atoms with Gasteiger partial charge in [-0.05, 0) is 25.1 Å². The second-order valence-electron chi connectivity index (χ2n) is 4.67. The Morgan fingerprint density at radius 2 is 2.14 bits per heavy atom. The maximum absolute atomic E-state index is 11.8. The van der Waals surface area contributed by atoms with Crippen molar-refractivity contribution in [3.8, 4) is 5.75 Å². The molecule has 6 nitrogen and oxygen atoms in total. The molecule has 1 atom stereocenters. The Bertz CT molecular complexity index is 736. The first-order valence-electron chi connectivity index (χ1n) is 10.1. The molecule has 1 unspecified atom stereocenters. The highest BCUT2D eigenvalue weighted by atomic mass is 16.5. The molecule has 0 bridgehead atoms. The third-order valence-electron chi connectivity index (χ3n) is 2.62. The van der Waals surface area contributed by atoms with Crippen molar-refractivity contribution in [3.05, 3.63) is 23.8 Å². The highest BCUT2D eigenvalue weighted by Crippen LogP contribution is 2.23. The Morgan fingerprint density at radius 3 is 2.73 bits per heavy atom. The first kappa shape index (κ1) is 9.97. The van der Waals surface area contributed by atoms with Gasteiger partial charge < -0.3 is 20.5 Å². The van der Waals surface area contributed by atoms with Gasteiger partial charge in [-0.25, -0.2) is 0 Å². The molecule has 0 aliphatic carbocycles. The lowest BCUT2D eigenvalue weighted by Gasteiger charge is -2.16. The molecule has 0 spiro atoms. The SMILES string of the molecule is [2H]C([2H])([2H])C([2H])(NCC(O)COc1ccc(NC(C)=O)cc1C(C)=O)C([2H])([2H])[2H]. The number of hydrogen-bond donors (Lipinski definition) is 3. The minimum Gasteiger partial charge on any atom is -0.490 e. The smallest absolute Gasteiger partial charge is 0.221 e. The summed E-state index contributed by atoms with van der Waals surface area (Å²) in [6.07, 6.45) is -1.36. The Hall–Kier alpha value is -1.92. The van der Waals surface area contributed by atoms with Crippen molar-refractivity contribution in [1.82, 2.24) is 5.32 Å². The fourth-order valence-electron chi connectivity index (χ4n) is 1.68. The first-order valence-corrected chi connectivity index (χ1v) is 6.57. The number of amides is 1. The quantitative estimate of drug-likeness (QED) is 0.634. The Labute approximate surface area is 140 Å². The molecule has 1 aromatic carbocycles. The summed E-state index contributed by atoms with van der Waals surface area (Å²) in [5.41, 5.74) is 0.530. The molecule has 0 aromatic heterocycles. The number of anilines is 1. The van der Waals surface area contributed by atoms with E-state index in [2.05, 4.69) is 10.6 Å². The van der Waals surface area contributed by atoms with E-state index in [9.17, 15) is 14.7 Å². The van der Waals surface area contributed by atoms with Gasteiger partial charge in [-0.3, -0.25) is 9.59 Å². The predicted molar refractivity (Wildman–Crippen MR) is 85.4 cm³/mol. The molecule has 122 valence electrons. The first-order chi connectivity index (χ1) is 13.1. The molecule has 0 saturated carbocycles. The second-order valence-corrected chi connectivity index (χ2v) is 4.67. The average molecular weight is 315 g/mol. The van der Waals surface area contributed by atoms with Gasteiger partial charge in [0, 0.05) is 34.8 Å². The fraction of sp³-hybridized carbons (Fsp3) is 0.500. The summed E-state index contributed by atoms with van der Waals surface area (Å²) in [6, 6.07) is 1.35. The summed E-state index contributed by atoms with van der Waals surface area (Å²) < 4.78 is 57.1. The van der Waals surface area contributed by atoms with Crippen molar-refractivity contribution in [3.63, 3.8) is 0 Å². The van der Waals surface area contributed by atoms with Gasteiger partial charge in [0.05, 0.1) is 5.56 Å². The normalized spacial score (nSPS) is 18.4. The number of rotatable bonds is 8. The number of hydrogen-bond acceptors (Lipinski definition) is 5. The molecule has 1 amide bonds. The number of carbonyl (C=O) groups is 2. The Kier molecular flexibility index (Phi) is 3.85. The van der Waals surface area contributed by atoms with Gasteiger partial charge in [0.1, 0.15) is 18.5 Å². The van der Waals surface area contributed by atoms with E-state index >= 15 is 0 Å². The van der Waals surface area contributed by atoms with E-state index in [0.717, 1.165) is 0 Å². The van der Waals surface area contributed by atoms with Gasteiger partial charge in [-0.15, -0.1) is 0 Å². The third-order valence-corrected chi connectivity index (χ3v) is 2.62. The largest absolute Gasteiger partial charge is 0.490 e. The van der Waals surface area contributed by atoms with Gasteiger partial charge in [0.15, 0.2) is 5.78 Å². The number of benzene rings is 1. The zero-order chi connectivity index (χ0) is 22.6. The van der Waals surface area contributed by atoms with E-state index in [1.165, 1.54) is 32.0 Å². The maximum Gasteiger partial charge on any atom is 0.221 e. The average Bonchev–Trinajstić information content (AvgIpc) is 2.55. The molecule has 0 fully saturated rings. The van der Waals surface area contributed by atoms with Crippen LogP contribution < -0.4 is 15.4 Å². The predicted octanol–water partition coefficient (Wildman–Crippen LogP) is 1.59. The van der Waals surface area contributed by atoms with Crippen molar-refractivity contribution in [2.45, 2.75) is 39.7 Å². The minimum absolute atomic E-state index is 0.120. The van der Waals surface area contributed by atoms with Crippen LogP contribution in [0.1, 0.15) is 47.5 Å². The summed E-state index contributed by atoms with van der Waals surface area (Å²) in [7, 11) is 0. The Balaban J connectivity index is 2.83. The molecule has 1 aromatic rings. The van der Waals surface area contributed by atoms with Gasteiger partial charge in [-0.2, -0.15) is 0 Å². The summed E-state index contributed by atoms with van der Waals surface area (Å²) in [5.74, 6) is -0.554. The molecule has 22 heavy (non-hydrogen) atoms. The van der Waals surface area contributed by atoms with Crippen LogP contribution in [0, 0.1) is 0 Å². The van der Waals surface area contributed by atoms with Crippen molar-refractivity contribution < 1.29 is 29.0 Å². The van der Waals surface area contributed by atoms with Crippen LogP contribution in [0.25, 0.3) is 0 Å². The van der Waals surface area contributed by atoms with Crippen LogP contribution in [-0.4, -0.2) is 42.1 Å². The summed E-state index contributed by atoms with van der Waals surface area (Å²) in [6.45, 7) is -4.67. The lowest BCUT2D eigenvalue weighted by molar-refractivity contribution is -0.114. The van der Waals surface area contributed by atoms with E-state index in [-0.39, 0.29) is 23.0 Å². The molecule has 0 radical (unpaired) electrons. The van der Waals surface area contributed by atoms with Crippen LogP contribution in [0.15, 0.2) is 18.2 Å². The van der Waals surface area contributed by atoms with Crippen molar-refractivity contribution in [2.75, 3.05) is 18.5 Å². The lowest BCUT2D eigenvalue weighted by atomic mass is 10.1. The van der Waals surface area contributed by atoms with E-state index in [4.69, 9.17) is 14.3 Å².